The van der Waals surface area contributed by atoms with E-state index in [2.05, 4.69) is 12.2 Å². The van der Waals surface area contributed by atoms with Gasteiger partial charge in [0.15, 0.2) is 0 Å². The number of hydrogen-bond acceptors (Lipinski definition) is 6. The predicted molar refractivity (Wildman–Crippen MR) is 107 cm³/mol. The molecule has 160 valence electrons. The van der Waals surface area contributed by atoms with E-state index >= 15 is 0 Å². The average Bonchev–Trinajstić information content (AvgIpc) is 2.63. The molecule has 1 amide bonds. The van der Waals surface area contributed by atoms with Crippen molar-refractivity contribution >= 4 is 13.7 Å². The summed E-state index contributed by atoms with van der Waals surface area (Å²) >= 11 is 0. The molecule has 28 heavy (non-hydrogen) atoms. The van der Waals surface area contributed by atoms with E-state index in [1.54, 1.807) is 12.1 Å². The van der Waals surface area contributed by atoms with Crippen LogP contribution in [0, 0.1) is 5.92 Å². The van der Waals surface area contributed by atoms with Crippen molar-refractivity contribution < 1.29 is 28.0 Å². The number of phosphoric ester groups is 1. The van der Waals surface area contributed by atoms with E-state index in [1.807, 2.05) is 13.8 Å². The van der Waals surface area contributed by atoms with E-state index < -0.39 is 7.82 Å². The third-order valence-electron chi connectivity index (χ3n) is 3.79. The molecule has 0 saturated heterocycles. The maximum absolute atomic E-state index is 11.9. The van der Waals surface area contributed by atoms with E-state index in [4.69, 9.17) is 13.8 Å². The lowest BCUT2D eigenvalue weighted by molar-refractivity contribution is -0.216. The van der Waals surface area contributed by atoms with Crippen molar-refractivity contribution in [1.82, 2.24) is 5.32 Å². The number of hydrogen-bond donors (Lipinski definition) is 1. The molecule has 7 nitrogen and oxygen atoms in total. The summed E-state index contributed by atoms with van der Waals surface area (Å²) in [5.74, 6) is 0.898. The van der Waals surface area contributed by atoms with Crippen LogP contribution in [0.25, 0.3) is 0 Å². The van der Waals surface area contributed by atoms with Gasteiger partial charge in [-0.3, -0.25) is 9.36 Å². The second-order valence-corrected chi connectivity index (χ2v) is 8.40. The lowest BCUT2D eigenvalue weighted by Gasteiger charge is -2.23. The number of phosphoric acid groups is 1. The second kappa shape index (κ2) is 13.6. The molecule has 0 radical (unpaired) electrons. The van der Waals surface area contributed by atoms with Crippen LogP contribution < -0.4 is 19.5 Å². The number of carbonyl (C=O) groups is 1. The van der Waals surface area contributed by atoms with E-state index in [9.17, 15) is 14.3 Å². The van der Waals surface area contributed by atoms with Crippen LogP contribution in [0.15, 0.2) is 24.3 Å². The summed E-state index contributed by atoms with van der Waals surface area (Å²) in [6.45, 7) is 6.64. The van der Waals surface area contributed by atoms with E-state index in [-0.39, 0.29) is 24.8 Å². The molecule has 1 aromatic rings. The Kier molecular flexibility index (Phi) is 11.9. The first-order chi connectivity index (χ1) is 13.3. The number of benzene rings is 1. The lowest BCUT2D eigenvalue weighted by atomic mass is 10.1. The number of nitrogens with one attached hydrogen (secondary N) is 1. The number of amides is 1. The van der Waals surface area contributed by atoms with Gasteiger partial charge in [-0.15, -0.1) is 0 Å². The largest absolute Gasteiger partial charge is 0.746 e. The summed E-state index contributed by atoms with van der Waals surface area (Å²) in [5, 5.41) is 2.65. The van der Waals surface area contributed by atoms with Gasteiger partial charge in [-0.2, -0.15) is 0 Å². The van der Waals surface area contributed by atoms with Gasteiger partial charge in [0.05, 0.1) is 13.2 Å². The smallest absolute Gasteiger partial charge is 0.319 e. The Morgan fingerprint density at radius 1 is 1.18 bits per heavy atom. The molecule has 0 saturated carbocycles. The molecular formula is C20H33NO6P-. The molecule has 8 heteroatoms. The Hall–Kier alpha value is -1.56. The number of ether oxygens (including phenoxy) is 1. The van der Waals surface area contributed by atoms with Crippen LogP contribution in [0.4, 0.5) is 0 Å². The monoisotopic (exact) mass is 414 g/mol. The molecule has 0 aliphatic heterocycles. The highest BCUT2D eigenvalue weighted by molar-refractivity contribution is 7.46. The molecule has 1 rings (SSSR count). The fourth-order valence-electron chi connectivity index (χ4n) is 2.36. The van der Waals surface area contributed by atoms with E-state index in [1.165, 1.54) is 18.6 Å². The minimum atomic E-state index is -4.52. The maximum atomic E-state index is 11.9. The molecule has 1 unspecified atom stereocenters. The molecule has 1 aromatic carbocycles. The maximum Gasteiger partial charge on any atom is 0.319 e. The van der Waals surface area contributed by atoms with Crippen LogP contribution in [0.5, 0.6) is 11.5 Å². The van der Waals surface area contributed by atoms with Gasteiger partial charge in [-0.05, 0) is 24.5 Å². The van der Waals surface area contributed by atoms with Gasteiger partial charge >= 0.3 is 7.82 Å². The molecule has 0 spiro atoms. The van der Waals surface area contributed by atoms with Gasteiger partial charge in [0.25, 0.3) is 0 Å². The van der Waals surface area contributed by atoms with Crippen molar-refractivity contribution in [3.63, 3.8) is 0 Å². The summed E-state index contributed by atoms with van der Waals surface area (Å²) in [6, 6.07) is 6.38. The van der Waals surface area contributed by atoms with Crippen molar-refractivity contribution in [1.29, 1.82) is 0 Å². The minimum Gasteiger partial charge on any atom is -0.746 e. The molecule has 1 N–H and O–H groups in total. The summed E-state index contributed by atoms with van der Waals surface area (Å²) in [5.41, 5.74) is 0. The number of rotatable bonds is 15. The quantitative estimate of drug-likeness (QED) is 0.343. The van der Waals surface area contributed by atoms with Crippen LogP contribution in [-0.2, 0) is 13.9 Å². The minimum absolute atomic E-state index is 0.100. The van der Waals surface area contributed by atoms with Crippen molar-refractivity contribution in [2.75, 3.05) is 19.8 Å². The van der Waals surface area contributed by atoms with Crippen molar-refractivity contribution in [2.45, 2.75) is 59.3 Å². The first-order valence-electron chi connectivity index (χ1n) is 9.97. The standard InChI is InChI=1S/C20H34NO6P/c1-4-5-6-7-8-12-20(22)21-13-14-26-28(23,24)27-19-11-9-10-18(15-19)25-16-17(2)3/h9-11,15,17H,4-8,12-14,16H2,1-3H3,(H,21,22)(H,23,24)/p-1. The Bertz CT molecular complexity index is 622. The number of unbranched alkanes of at least 4 members (excludes halogenated alkanes) is 4. The highest BCUT2D eigenvalue weighted by Crippen LogP contribution is 2.40. The summed E-state index contributed by atoms with van der Waals surface area (Å²) in [4.78, 5) is 23.6. The molecule has 0 bridgehead atoms. The number of carbonyl (C=O) groups excluding carboxylic acids is 1. The zero-order valence-corrected chi connectivity index (χ0v) is 18.0. The van der Waals surface area contributed by atoms with Crippen LogP contribution in [-0.4, -0.2) is 25.7 Å². The summed E-state index contributed by atoms with van der Waals surface area (Å²) in [6.07, 6.45) is 5.79. The third kappa shape index (κ3) is 12.0. The topological polar surface area (TPSA) is 96.9 Å². The van der Waals surface area contributed by atoms with E-state index in [0.717, 1.165) is 25.7 Å². The fourth-order valence-corrected chi connectivity index (χ4v) is 3.10. The Morgan fingerprint density at radius 2 is 1.89 bits per heavy atom. The van der Waals surface area contributed by atoms with Crippen molar-refractivity contribution in [3.05, 3.63) is 24.3 Å². The van der Waals surface area contributed by atoms with Gasteiger partial charge in [-0.25, -0.2) is 0 Å². The fraction of sp³-hybridized carbons (Fsp3) is 0.650. The molecule has 0 fully saturated rings. The molecule has 0 aromatic heterocycles. The van der Waals surface area contributed by atoms with E-state index in [0.29, 0.717) is 24.7 Å². The molecule has 0 aliphatic carbocycles. The zero-order chi connectivity index (χ0) is 20.8. The highest BCUT2D eigenvalue weighted by atomic mass is 31.2. The first-order valence-corrected chi connectivity index (χ1v) is 11.4. The lowest BCUT2D eigenvalue weighted by Crippen LogP contribution is -2.27. The van der Waals surface area contributed by atoms with Crippen LogP contribution >= 0.6 is 7.82 Å². The third-order valence-corrected chi connectivity index (χ3v) is 4.72. The first kappa shape index (κ1) is 24.5. The van der Waals surface area contributed by atoms with Gasteiger partial charge < -0.3 is 24.0 Å². The molecule has 0 heterocycles. The highest BCUT2D eigenvalue weighted by Gasteiger charge is 2.12. The zero-order valence-electron chi connectivity index (χ0n) is 17.1. The van der Waals surface area contributed by atoms with Crippen molar-refractivity contribution in [3.8, 4) is 11.5 Å². The summed E-state index contributed by atoms with van der Waals surface area (Å²) in [7, 11) is -4.52. The normalized spacial score (nSPS) is 13.2. The molecular weight excluding hydrogens is 381 g/mol. The Balaban J connectivity index is 2.28. The molecule has 0 aliphatic rings. The Morgan fingerprint density at radius 3 is 2.61 bits per heavy atom. The van der Waals surface area contributed by atoms with Crippen LogP contribution in [0.1, 0.15) is 59.3 Å². The predicted octanol–water partition coefficient (Wildman–Crippen LogP) is 4.06. The SMILES string of the molecule is CCCCCCCC(=O)NCCOP(=O)([O-])Oc1cccc(OCC(C)C)c1. The Labute approximate surface area is 168 Å². The van der Waals surface area contributed by atoms with Crippen LogP contribution in [0.2, 0.25) is 0 Å². The van der Waals surface area contributed by atoms with Gasteiger partial charge in [0.2, 0.25) is 5.91 Å². The second-order valence-electron chi connectivity index (χ2n) is 7.07. The van der Waals surface area contributed by atoms with Gasteiger partial charge in [0.1, 0.15) is 11.5 Å². The molecule has 1 atom stereocenters. The van der Waals surface area contributed by atoms with Crippen molar-refractivity contribution in [2.24, 2.45) is 5.92 Å². The average molecular weight is 414 g/mol. The van der Waals surface area contributed by atoms with Gasteiger partial charge in [0, 0.05) is 19.0 Å². The van der Waals surface area contributed by atoms with Gasteiger partial charge in [-0.1, -0.05) is 52.5 Å². The van der Waals surface area contributed by atoms with Crippen LogP contribution in [0.3, 0.4) is 0 Å². The summed E-state index contributed by atoms with van der Waals surface area (Å²) < 4.78 is 27.2.